The Morgan fingerprint density at radius 3 is 2.69 bits per heavy atom. The number of carbonyl (C=O) groups is 1. The van der Waals surface area contributed by atoms with Gasteiger partial charge in [0, 0.05) is 18.3 Å². The largest absolute Gasteiger partial charge is 0.493 e. The number of methoxy groups -OCH3 is 2. The Balaban J connectivity index is 1.68. The van der Waals surface area contributed by atoms with E-state index in [1.54, 1.807) is 26.4 Å². The fourth-order valence-electron chi connectivity index (χ4n) is 3.50. The molecule has 1 unspecified atom stereocenters. The van der Waals surface area contributed by atoms with Gasteiger partial charge in [0.25, 0.3) is 0 Å². The average Bonchev–Trinajstić information content (AvgIpc) is 3.09. The highest BCUT2D eigenvalue weighted by molar-refractivity contribution is 5.95. The van der Waals surface area contributed by atoms with E-state index in [0.29, 0.717) is 11.5 Å². The van der Waals surface area contributed by atoms with Crippen molar-refractivity contribution < 1.29 is 14.3 Å². The van der Waals surface area contributed by atoms with Crippen LogP contribution < -0.4 is 14.8 Å². The van der Waals surface area contributed by atoms with Gasteiger partial charge in [0.2, 0.25) is 5.91 Å². The molecule has 1 amide bonds. The van der Waals surface area contributed by atoms with Crippen LogP contribution in [0.25, 0.3) is 0 Å². The molecular weight excluding hydrogens is 328 g/mol. The van der Waals surface area contributed by atoms with Crippen LogP contribution in [0.15, 0.2) is 42.5 Å². The quantitative estimate of drug-likeness (QED) is 0.861. The molecule has 2 aromatic rings. The summed E-state index contributed by atoms with van der Waals surface area (Å²) in [6.07, 6.45) is 1.92. The first-order valence-electron chi connectivity index (χ1n) is 8.93. The minimum atomic E-state index is -0.108. The molecule has 0 aromatic heterocycles. The monoisotopic (exact) mass is 354 g/mol. The van der Waals surface area contributed by atoms with Gasteiger partial charge in [-0.3, -0.25) is 9.69 Å². The van der Waals surface area contributed by atoms with Crippen molar-refractivity contribution in [3.05, 3.63) is 53.6 Å². The molecule has 1 aliphatic heterocycles. The van der Waals surface area contributed by atoms with E-state index in [0.717, 1.165) is 31.6 Å². The highest BCUT2D eigenvalue weighted by Gasteiger charge is 2.30. The zero-order valence-electron chi connectivity index (χ0n) is 15.6. The zero-order valence-corrected chi connectivity index (χ0v) is 15.6. The maximum Gasteiger partial charge on any atom is 0.241 e. The van der Waals surface area contributed by atoms with Crippen molar-refractivity contribution in [3.63, 3.8) is 0 Å². The van der Waals surface area contributed by atoms with Crippen LogP contribution in [0.2, 0.25) is 0 Å². The number of ether oxygens (including phenoxy) is 2. The molecule has 0 saturated carbocycles. The Kier molecular flexibility index (Phi) is 5.78. The summed E-state index contributed by atoms with van der Waals surface area (Å²) in [5, 5.41) is 3.02. The van der Waals surface area contributed by atoms with E-state index in [1.807, 2.05) is 6.07 Å². The first-order valence-corrected chi connectivity index (χ1v) is 8.93. The second-order valence-electron chi connectivity index (χ2n) is 6.68. The van der Waals surface area contributed by atoms with Gasteiger partial charge in [0.1, 0.15) is 0 Å². The third-order valence-corrected chi connectivity index (χ3v) is 4.79. The van der Waals surface area contributed by atoms with Gasteiger partial charge in [-0.15, -0.1) is 0 Å². The van der Waals surface area contributed by atoms with Crippen LogP contribution in [0.5, 0.6) is 11.5 Å². The third kappa shape index (κ3) is 4.17. The highest BCUT2D eigenvalue weighted by Crippen LogP contribution is 2.30. The van der Waals surface area contributed by atoms with Crippen LogP contribution >= 0.6 is 0 Å². The summed E-state index contributed by atoms with van der Waals surface area (Å²) in [5.41, 5.74) is 3.21. The highest BCUT2D eigenvalue weighted by atomic mass is 16.5. The molecule has 0 aliphatic carbocycles. The Bertz CT molecular complexity index is 776. The van der Waals surface area contributed by atoms with E-state index in [4.69, 9.17) is 9.47 Å². The maximum absolute atomic E-state index is 12.8. The van der Waals surface area contributed by atoms with Crippen LogP contribution in [0.1, 0.15) is 24.0 Å². The number of nitrogens with zero attached hydrogens (tertiary/aromatic N) is 1. The standard InChI is InChI=1S/C21H26N2O3/c1-15-6-4-7-16(12-15)14-23-11-5-8-18(23)21(24)22-17-9-10-19(25-2)20(13-17)26-3/h4,6-7,9-10,12-13,18H,5,8,11,14H2,1-3H3,(H,22,24). The van der Waals surface area contributed by atoms with Crippen LogP contribution in [0.3, 0.4) is 0 Å². The predicted molar refractivity (Wildman–Crippen MR) is 103 cm³/mol. The van der Waals surface area contributed by atoms with Crippen molar-refractivity contribution in [2.75, 3.05) is 26.1 Å². The van der Waals surface area contributed by atoms with Crippen molar-refractivity contribution in [2.45, 2.75) is 32.4 Å². The number of rotatable bonds is 6. The number of nitrogens with one attached hydrogen (secondary N) is 1. The number of amides is 1. The number of likely N-dealkylation sites (tertiary alicyclic amines) is 1. The van der Waals surface area contributed by atoms with Gasteiger partial charge in [-0.05, 0) is 44.0 Å². The lowest BCUT2D eigenvalue weighted by Crippen LogP contribution is -2.39. The summed E-state index contributed by atoms with van der Waals surface area (Å²) < 4.78 is 10.6. The van der Waals surface area contributed by atoms with Crippen molar-refractivity contribution in [2.24, 2.45) is 0 Å². The molecule has 1 aliphatic rings. The molecule has 138 valence electrons. The molecule has 0 spiro atoms. The van der Waals surface area contributed by atoms with Gasteiger partial charge < -0.3 is 14.8 Å². The second kappa shape index (κ2) is 8.23. The fourth-order valence-corrected chi connectivity index (χ4v) is 3.50. The minimum absolute atomic E-state index is 0.0300. The molecule has 0 bridgehead atoms. The molecule has 1 N–H and O–H groups in total. The number of hydrogen-bond acceptors (Lipinski definition) is 4. The number of benzene rings is 2. The summed E-state index contributed by atoms with van der Waals surface area (Å²) in [6.45, 7) is 3.83. The Hall–Kier alpha value is -2.53. The van der Waals surface area contributed by atoms with E-state index >= 15 is 0 Å². The Morgan fingerprint density at radius 1 is 1.15 bits per heavy atom. The van der Waals surface area contributed by atoms with Gasteiger partial charge in [0.05, 0.1) is 20.3 Å². The minimum Gasteiger partial charge on any atom is -0.493 e. The molecule has 2 aromatic carbocycles. The van der Waals surface area contributed by atoms with Gasteiger partial charge in [-0.1, -0.05) is 29.8 Å². The van der Waals surface area contributed by atoms with Crippen LogP contribution in [0, 0.1) is 6.92 Å². The van der Waals surface area contributed by atoms with Crippen molar-refractivity contribution in [1.82, 2.24) is 4.90 Å². The van der Waals surface area contributed by atoms with E-state index in [9.17, 15) is 4.79 Å². The molecule has 1 saturated heterocycles. The summed E-state index contributed by atoms with van der Waals surface area (Å²) in [7, 11) is 3.18. The molecule has 26 heavy (non-hydrogen) atoms. The molecular formula is C21H26N2O3. The number of hydrogen-bond donors (Lipinski definition) is 1. The smallest absolute Gasteiger partial charge is 0.241 e. The summed E-state index contributed by atoms with van der Waals surface area (Å²) in [6, 6.07) is 13.8. The zero-order chi connectivity index (χ0) is 18.5. The van der Waals surface area contributed by atoms with Crippen LogP contribution in [-0.2, 0) is 11.3 Å². The Morgan fingerprint density at radius 2 is 1.96 bits per heavy atom. The molecule has 5 heteroatoms. The molecule has 1 fully saturated rings. The molecule has 0 radical (unpaired) electrons. The third-order valence-electron chi connectivity index (χ3n) is 4.79. The first kappa shape index (κ1) is 18.3. The van der Waals surface area contributed by atoms with Gasteiger partial charge in [0.15, 0.2) is 11.5 Å². The van der Waals surface area contributed by atoms with Crippen molar-refractivity contribution >= 4 is 11.6 Å². The van der Waals surface area contributed by atoms with Gasteiger partial charge >= 0.3 is 0 Å². The SMILES string of the molecule is COc1ccc(NC(=O)C2CCCN2Cc2cccc(C)c2)cc1OC. The number of carbonyl (C=O) groups excluding carboxylic acids is 1. The van der Waals surface area contributed by atoms with E-state index in [1.165, 1.54) is 11.1 Å². The van der Waals surface area contributed by atoms with Crippen LogP contribution in [0.4, 0.5) is 5.69 Å². The first-order chi connectivity index (χ1) is 12.6. The lowest BCUT2D eigenvalue weighted by atomic mass is 10.1. The summed E-state index contributed by atoms with van der Waals surface area (Å²) in [5.74, 6) is 1.28. The summed E-state index contributed by atoms with van der Waals surface area (Å²) in [4.78, 5) is 15.1. The normalized spacial score (nSPS) is 17.1. The lowest BCUT2D eigenvalue weighted by molar-refractivity contribution is -0.120. The molecule has 5 nitrogen and oxygen atoms in total. The maximum atomic E-state index is 12.8. The van der Waals surface area contributed by atoms with Crippen molar-refractivity contribution in [3.8, 4) is 11.5 Å². The number of anilines is 1. The van der Waals surface area contributed by atoms with Crippen LogP contribution in [-0.4, -0.2) is 37.6 Å². The van der Waals surface area contributed by atoms with Gasteiger partial charge in [-0.25, -0.2) is 0 Å². The molecule has 3 rings (SSSR count). The lowest BCUT2D eigenvalue weighted by Gasteiger charge is -2.24. The topological polar surface area (TPSA) is 50.8 Å². The molecule has 1 atom stereocenters. The second-order valence-corrected chi connectivity index (χ2v) is 6.68. The average molecular weight is 354 g/mol. The van der Waals surface area contributed by atoms with E-state index in [2.05, 4.69) is 41.4 Å². The molecule has 1 heterocycles. The van der Waals surface area contributed by atoms with E-state index < -0.39 is 0 Å². The predicted octanol–water partition coefficient (Wildman–Crippen LogP) is 3.62. The van der Waals surface area contributed by atoms with Gasteiger partial charge in [-0.2, -0.15) is 0 Å². The van der Waals surface area contributed by atoms with E-state index in [-0.39, 0.29) is 11.9 Å². The van der Waals surface area contributed by atoms with Crippen molar-refractivity contribution in [1.29, 1.82) is 0 Å². The Labute approximate surface area is 154 Å². The summed E-state index contributed by atoms with van der Waals surface area (Å²) >= 11 is 0. The fraction of sp³-hybridized carbons (Fsp3) is 0.381. The number of aryl methyl sites for hydroxylation is 1.